The maximum absolute atomic E-state index is 12.8. The predicted octanol–water partition coefficient (Wildman–Crippen LogP) is 5.21. The van der Waals surface area contributed by atoms with Crippen molar-refractivity contribution in [3.05, 3.63) is 84.0 Å². The number of rotatable bonds is 5. The summed E-state index contributed by atoms with van der Waals surface area (Å²) in [7, 11) is -3.89. The molecule has 0 aliphatic heterocycles. The summed E-state index contributed by atoms with van der Waals surface area (Å²) in [5, 5.41) is 5.09. The van der Waals surface area contributed by atoms with Crippen LogP contribution in [0.4, 0.5) is 18.9 Å². The topological polar surface area (TPSA) is 85.1 Å². The van der Waals surface area contributed by atoms with Crippen LogP contribution in [0.5, 0.6) is 0 Å². The van der Waals surface area contributed by atoms with E-state index < -0.39 is 22.1 Å². The van der Waals surface area contributed by atoms with Gasteiger partial charge in [0.05, 0.1) is 4.90 Å². The maximum atomic E-state index is 12.8. The molecular weight excluding hydrogens is 431 g/mol. The lowest BCUT2D eigenvalue weighted by Gasteiger charge is -2.09. The second kappa shape index (κ2) is 7.88. The Morgan fingerprint density at radius 2 is 1.68 bits per heavy atom. The first-order chi connectivity index (χ1) is 14.7. The monoisotopic (exact) mass is 445 g/mol. The first kappa shape index (κ1) is 20.6. The van der Waals surface area contributed by atoms with Crippen molar-refractivity contribution in [3.63, 3.8) is 0 Å². The SMILES string of the molecule is O=S(=O)(Nc1ccc2ccccc2c1)c1cccc(/C=C/c2noc(C(F)(F)F)n2)c1. The van der Waals surface area contributed by atoms with Gasteiger partial charge >= 0.3 is 12.1 Å². The van der Waals surface area contributed by atoms with E-state index in [1.54, 1.807) is 18.2 Å². The lowest BCUT2D eigenvalue weighted by atomic mass is 10.1. The normalized spacial score (nSPS) is 12.5. The number of benzene rings is 3. The van der Waals surface area contributed by atoms with Gasteiger partial charge in [0, 0.05) is 5.69 Å². The molecule has 0 spiro atoms. The van der Waals surface area contributed by atoms with Crippen molar-refractivity contribution in [3.8, 4) is 0 Å². The third-order valence-corrected chi connectivity index (χ3v) is 5.66. The summed E-state index contributed by atoms with van der Waals surface area (Å²) in [5.41, 5.74) is 0.839. The van der Waals surface area contributed by atoms with Gasteiger partial charge in [-0.2, -0.15) is 18.2 Å². The van der Waals surface area contributed by atoms with Crippen LogP contribution in [0.25, 0.3) is 22.9 Å². The molecule has 0 bridgehead atoms. The molecule has 0 aliphatic rings. The fraction of sp³-hybridized carbons (Fsp3) is 0.0476. The highest BCUT2D eigenvalue weighted by Crippen LogP contribution is 2.27. The van der Waals surface area contributed by atoms with Crippen LogP contribution in [-0.4, -0.2) is 18.6 Å². The van der Waals surface area contributed by atoms with Gasteiger partial charge in [0.15, 0.2) is 5.82 Å². The van der Waals surface area contributed by atoms with Crippen LogP contribution in [0.2, 0.25) is 0 Å². The molecule has 0 atom stereocenters. The van der Waals surface area contributed by atoms with Crippen LogP contribution in [0.15, 0.2) is 76.1 Å². The molecule has 0 radical (unpaired) electrons. The molecule has 0 aliphatic carbocycles. The number of fused-ring (bicyclic) bond motifs is 1. The van der Waals surface area contributed by atoms with Gasteiger partial charge in [0.1, 0.15) is 0 Å². The Labute approximate surface area is 175 Å². The van der Waals surface area contributed by atoms with Gasteiger partial charge in [-0.05, 0) is 46.7 Å². The molecule has 158 valence electrons. The van der Waals surface area contributed by atoms with Crippen molar-refractivity contribution in [2.45, 2.75) is 11.1 Å². The van der Waals surface area contributed by atoms with Crippen molar-refractivity contribution >= 4 is 38.6 Å². The first-order valence-corrected chi connectivity index (χ1v) is 10.4. The summed E-state index contributed by atoms with van der Waals surface area (Å²) in [6.45, 7) is 0. The van der Waals surface area contributed by atoms with E-state index in [4.69, 9.17) is 0 Å². The Hall–Kier alpha value is -3.66. The zero-order valence-corrected chi connectivity index (χ0v) is 16.5. The summed E-state index contributed by atoms with van der Waals surface area (Å²) in [6, 6.07) is 18.7. The third-order valence-electron chi connectivity index (χ3n) is 4.28. The third kappa shape index (κ3) is 4.75. The average molecular weight is 445 g/mol. The van der Waals surface area contributed by atoms with Gasteiger partial charge in [-0.3, -0.25) is 4.72 Å². The van der Waals surface area contributed by atoms with E-state index in [2.05, 4.69) is 19.4 Å². The average Bonchev–Trinajstić information content (AvgIpc) is 3.22. The smallest absolute Gasteiger partial charge is 0.329 e. The van der Waals surface area contributed by atoms with Gasteiger partial charge in [-0.25, -0.2) is 8.42 Å². The quantitative estimate of drug-likeness (QED) is 0.456. The number of aromatic nitrogens is 2. The summed E-state index contributed by atoms with van der Waals surface area (Å²) < 4.78 is 69.8. The molecule has 3 aromatic carbocycles. The van der Waals surface area contributed by atoms with Crippen molar-refractivity contribution in [1.82, 2.24) is 10.1 Å². The van der Waals surface area contributed by atoms with Crippen LogP contribution in [0.3, 0.4) is 0 Å². The molecule has 4 aromatic rings. The second-order valence-electron chi connectivity index (χ2n) is 6.53. The number of hydrogen-bond donors (Lipinski definition) is 1. The lowest BCUT2D eigenvalue weighted by Crippen LogP contribution is -2.12. The molecule has 1 aromatic heterocycles. The molecule has 0 saturated heterocycles. The fourth-order valence-corrected chi connectivity index (χ4v) is 3.94. The molecule has 10 heteroatoms. The van der Waals surface area contributed by atoms with E-state index in [9.17, 15) is 21.6 Å². The van der Waals surface area contributed by atoms with Crippen molar-refractivity contribution in [2.75, 3.05) is 4.72 Å². The summed E-state index contributed by atoms with van der Waals surface area (Å²) in [4.78, 5) is 3.22. The lowest BCUT2D eigenvalue weighted by molar-refractivity contribution is -0.159. The molecule has 0 unspecified atom stereocenters. The van der Waals surface area contributed by atoms with Crippen LogP contribution in [0.1, 0.15) is 17.3 Å². The Kier molecular flexibility index (Phi) is 5.24. The van der Waals surface area contributed by atoms with E-state index in [-0.39, 0.29) is 10.7 Å². The zero-order chi connectivity index (χ0) is 22.1. The number of anilines is 1. The Morgan fingerprint density at radius 3 is 2.42 bits per heavy atom. The Balaban J connectivity index is 1.55. The van der Waals surface area contributed by atoms with Crippen LogP contribution >= 0.6 is 0 Å². The summed E-state index contributed by atoms with van der Waals surface area (Å²) in [6.07, 6.45) is -2.15. The minimum Gasteiger partial charge on any atom is -0.329 e. The highest BCUT2D eigenvalue weighted by atomic mass is 32.2. The fourth-order valence-electron chi connectivity index (χ4n) is 2.84. The second-order valence-corrected chi connectivity index (χ2v) is 8.21. The van der Waals surface area contributed by atoms with Crippen molar-refractivity contribution < 1.29 is 26.1 Å². The largest absolute Gasteiger partial charge is 0.471 e. The number of hydrogen-bond acceptors (Lipinski definition) is 5. The summed E-state index contributed by atoms with van der Waals surface area (Å²) in [5.74, 6) is -1.74. The van der Waals surface area contributed by atoms with Gasteiger partial charge in [-0.1, -0.05) is 53.7 Å². The molecule has 6 nitrogen and oxygen atoms in total. The van der Waals surface area contributed by atoms with Gasteiger partial charge in [0.2, 0.25) is 0 Å². The van der Waals surface area contributed by atoms with E-state index in [0.717, 1.165) is 10.8 Å². The minimum atomic E-state index is -4.73. The molecule has 0 amide bonds. The number of alkyl halides is 3. The van der Waals surface area contributed by atoms with E-state index >= 15 is 0 Å². The summed E-state index contributed by atoms with van der Waals surface area (Å²) >= 11 is 0. The van der Waals surface area contributed by atoms with Crippen LogP contribution < -0.4 is 4.72 Å². The molecule has 1 N–H and O–H groups in total. The molecule has 1 heterocycles. The Bertz CT molecular complexity index is 1380. The van der Waals surface area contributed by atoms with Crippen molar-refractivity contribution in [1.29, 1.82) is 0 Å². The van der Waals surface area contributed by atoms with E-state index in [1.807, 2.05) is 30.3 Å². The number of nitrogens with one attached hydrogen (secondary N) is 1. The minimum absolute atomic E-state index is 0.00750. The highest BCUT2D eigenvalue weighted by Gasteiger charge is 2.38. The number of sulfonamides is 1. The standard InChI is InChI=1S/C21H14F3N3O3S/c22-21(23,24)20-25-19(26-30-20)11-8-14-4-3-7-18(12-14)31(28,29)27-17-10-9-15-5-1-2-6-16(15)13-17/h1-13,27H/b11-8+. The highest BCUT2D eigenvalue weighted by molar-refractivity contribution is 7.92. The molecule has 4 rings (SSSR count). The number of halogens is 3. The molecule has 0 fully saturated rings. The van der Waals surface area contributed by atoms with Gasteiger partial charge < -0.3 is 4.52 Å². The van der Waals surface area contributed by atoms with Gasteiger partial charge in [-0.15, -0.1) is 0 Å². The zero-order valence-electron chi connectivity index (χ0n) is 15.7. The Morgan fingerprint density at radius 1 is 0.903 bits per heavy atom. The number of nitrogens with zero attached hydrogens (tertiary/aromatic N) is 2. The van der Waals surface area contributed by atoms with Crippen molar-refractivity contribution in [2.24, 2.45) is 0 Å². The van der Waals surface area contributed by atoms with Gasteiger partial charge in [0.25, 0.3) is 10.0 Å². The van der Waals surface area contributed by atoms with Crippen LogP contribution in [0, 0.1) is 0 Å². The molecular formula is C21H14F3N3O3S. The maximum Gasteiger partial charge on any atom is 0.471 e. The van der Waals surface area contributed by atoms with E-state index in [1.165, 1.54) is 30.4 Å². The van der Waals surface area contributed by atoms with Crippen LogP contribution in [-0.2, 0) is 16.2 Å². The van der Waals surface area contributed by atoms with E-state index in [0.29, 0.717) is 11.3 Å². The first-order valence-electron chi connectivity index (χ1n) is 8.91. The predicted molar refractivity (Wildman–Crippen MR) is 109 cm³/mol. The molecule has 31 heavy (non-hydrogen) atoms. The molecule has 0 saturated carbocycles.